The van der Waals surface area contributed by atoms with Crippen molar-refractivity contribution in [3.63, 3.8) is 0 Å². The van der Waals surface area contributed by atoms with Crippen LogP contribution in [0.25, 0.3) is 27.6 Å². The Bertz CT molecular complexity index is 1840. The third-order valence-corrected chi connectivity index (χ3v) is 8.64. The lowest BCUT2D eigenvalue weighted by Crippen LogP contribution is -2.40. The summed E-state index contributed by atoms with van der Waals surface area (Å²) >= 11 is 0. The Morgan fingerprint density at radius 2 is 1.36 bits per heavy atom. The fraction of sp³-hybridized carbons (Fsp3) is 0.158. The molecule has 0 fully saturated rings. The minimum Gasteiger partial charge on any atom is -0.381 e. The van der Waals surface area contributed by atoms with Crippen molar-refractivity contribution in [3.8, 4) is 0 Å². The third kappa shape index (κ3) is 3.92. The summed E-state index contributed by atoms with van der Waals surface area (Å²) in [6.07, 6.45) is 14.7. The van der Waals surface area contributed by atoms with Gasteiger partial charge in [-0.2, -0.15) is 0 Å². The van der Waals surface area contributed by atoms with Crippen LogP contribution in [0.2, 0.25) is 0 Å². The number of hydrogen-bond acceptors (Lipinski definition) is 1. The molecule has 190 valence electrons. The Labute approximate surface area is 230 Å². The molecule has 1 nitrogen and oxygen atoms in total. The van der Waals surface area contributed by atoms with E-state index in [4.69, 9.17) is 0 Å². The van der Waals surface area contributed by atoms with Crippen LogP contribution in [0, 0.1) is 11.8 Å². The molecule has 0 bridgehead atoms. The van der Waals surface area contributed by atoms with Crippen LogP contribution in [0.1, 0.15) is 36.1 Å². The molecule has 4 aromatic carbocycles. The number of aryl methyl sites for hydroxylation is 1. The summed E-state index contributed by atoms with van der Waals surface area (Å²) in [5, 5.41) is 8.98. The number of hydrogen-bond donors (Lipinski definition) is 1. The van der Waals surface area contributed by atoms with Crippen molar-refractivity contribution in [1.29, 1.82) is 0 Å². The number of dihydropyridines is 1. The first-order valence-electron chi connectivity index (χ1n) is 14.2. The molecule has 0 saturated carbocycles. The molecule has 0 radical (unpaired) electrons. The first kappa shape index (κ1) is 23.7. The highest BCUT2D eigenvalue weighted by atomic mass is 14.9. The molecule has 2 unspecified atom stereocenters. The summed E-state index contributed by atoms with van der Waals surface area (Å²) in [5.74, 6) is 0.567. The molecule has 2 atom stereocenters. The van der Waals surface area contributed by atoms with E-state index in [-0.39, 0.29) is 11.8 Å². The molecule has 1 N–H and O–H groups in total. The molecule has 0 saturated heterocycles. The minimum atomic E-state index is 0.283. The van der Waals surface area contributed by atoms with Gasteiger partial charge in [0.05, 0.1) is 0 Å². The maximum atomic E-state index is 3.55. The predicted octanol–water partition coefficient (Wildman–Crippen LogP) is 7.06. The molecule has 1 heteroatoms. The zero-order chi connectivity index (χ0) is 26.3. The van der Waals surface area contributed by atoms with E-state index in [0.29, 0.717) is 0 Å². The standard InChI is InChI=1S/C38H33N/c1-3-26-12-8-18-30-29(26)17-9-19-31(30)37-34-15-6-4-13-32(34)36(33-14-5-7-16-35(33)37)27-20-22-28(23-21-27)38-25(2)11-10-24-39-38/h4-23,32,34,39H,3,24H2,1-2H3. The largest absolute Gasteiger partial charge is 0.381 e. The first-order valence-corrected chi connectivity index (χ1v) is 14.2. The number of allylic oxidation sites excluding steroid dienone is 6. The average molecular weight is 504 g/mol. The highest BCUT2D eigenvalue weighted by Crippen LogP contribution is 2.42. The van der Waals surface area contributed by atoms with E-state index in [9.17, 15) is 0 Å². The molecule has 3 aliphatic rings. The van der Waals surface area contributed by atoms with Crippen LogP contribution in [0.3, 0.4) is 0 Å². The van der Waals surface area contributed by atoms with Gasteiger partial charge in [0.1, 0.15) is 0 Å². The predicted molar refractivity (Wildman–Crippen MR) is 165 cm³/mol. The highest BCUT2D eigenvalue weighted by molar-refractivity contribution is 5.97. The van der Waals surface area contributed by atoms with Crippen molar-refractivity contribution in [2.24, 2.45) is 11.8 Å². The maximum Gasteiger partial charge on any atom is 0.0445 e. The second-order valence-electron chi connectivity index (χ2n) is 10.8. The van der Waals surface area contributed by atoms with Gasteiger partial charge in [-0.15, -0.1) is 0 Å². The van der Waals surface area contributed by atoms with E-state index in [0.717, 1.165) is 13.0 Å². The molecule has 0 spiro atoms. The zero-order valence-corrected chi connectivity index (χ0v) is 22.6. The number of fused-ring (bicyclic) bond motifs is 3. The van der Waals surface area contributed by atoms with Crippen molar-refractivity contribution in [2.45, 2.75) is 20.3 Å². The fourth-order valence-electron chi connectivity index (χ4n) is 6.83. The van der Waals surface area contributed by atoms with Crippen molar-refractivity contribution in [1.82, 2.24) is 5.32 Å². The molecular formula is C38H33N. The van der Waals surface area contributed by atoms with E-state index >= 15 is 0 Å². The van der Waals surface area contributed by atoms with Gasteiger partial charge in [0.25, 0.3) is 0 Å². The smallest absolute Gasteiger partial charge is 0.0445 e. The van der Waals surface area contributed by atoms with E-state index in [2.05, 4.69) is 141 Å². The van der Waals surface area contributed by atoms with Crippen LogP contribution < -0.4 is 15.8 Å². The van der Waals surface area contributed by atoms with Gasteiger partial charge in [0.15, 0.2) is 0 Å². The molecule has 2 aliphatic carbocycles. The van der Waals surface area contributed by atoms with Gasteiger partial charge in [-0.05, 0) is 73.5 Å². The van der Waals surface area contributed by atoms with Gasteiger partial charge in [-0.1, -0.05) is 128 Å². The van der Waals surface area contributed by atoms with E-state index < -0.39 is 0 Å². The van der Waals surface area contributed by atoms with Crippen molar-refractivity contribution >= 4 is 27.6 Å². The summed E-state index contributed by atoms with van der Waals surface area (Å²) in [6.45, 7) is 5.31. The summed E-state index contributed by atoms with van der Waals surface area (Å²) in [7, 11) is 0. The third-order valence-electron chi connectivity index (χ3n) is 8.64. The monoisotopic (exact) mass is 503 g/mol. The van der Waals surface area contributed by atoms with Crippen LogP contribution in [0.15, 0.2) is 127 Å². The number of rotatable bonds is 4. The Hall–Kier alpha value is -4.36. The Morgan fingerprint density at radius 1 is 0.692 bits per heavy atom. The van der Waals surface area contributed by atoms with Crippen LogP contribution in [-0.2, 0) is 6.42 Å². The van der Waals surface area contributed by atoms with Gasteiger partial charge in [0.2, 0.25) is 0 Å². The van der Waals surface area contributed by atoms with Gasteiger partial charge in [-0.3, -0.25) is 0 Å². The summed E-state index contributed by atoms with van der Waals surface area (Å²) in [5.41, 5.74) is 10.7. The second-order valence-corrected chi connectivity index (χ2v) is 10.8. The van der Waals surface area contributed by atoms with Gasteiger partial charge in [-0.25, -0.2) is 0 Å². The van der Waals surface area contributed by atoms with E-state index in [1.165, 1.54) is 65.9 Å². The van der Waals surface area contributed by atoms with E-state index in [1.807, 2.05) is 0 Å². The van der Waals surface area contributed by atoms with Crippen LogP contribution in [0.4, 0.5) is 0 Å². The van der Waals surface area contributed by atoms with Gasteiger partial charge < -0.3 is 5.32 Å². The lowest BCUT2D eigenvalue weighted by atomic mass is 9.69. The summed E-state index contributed by atoms with van der Waals surface area (Å²) in [6, 6.07) is 31.9. The molecule has 1 aliphatic heterocycles. The topological polar surface area (TPSA) is 12.0 Å². The SMILES string of the molecule is CCc1cccc2c(C3=c4ccccc4=C(c4ccc(C5=C(C)C=CCN5)cc4)C4C=CC=CC34)cccc12. The quantitative estimate of drug-likeness (QED) is 0.314. The molecule has 1 heterocycles. The maximum absolute atomic E-state index is 3.55. The second kappa shape index (κ2) is 9.75. The van der Waals surface area contributed by atoms with Crippen molar-refractivity contribution in [3.05, 3.63) is 160 Å². The average Bonchev–Trinajstić information content (AvgIpc) is 3.00. The molecular weight excluding hydrogens is 470 g/mol. The normalized spacial score (nSPS) is 19.7. The lowest BCUT2D eigenvalue weighted by Gasteiger charge is -2.34. The van der Waals surface area contributed by atoms with Crippen LogP contribution in [0.5, 0.6) is 0 Å². The first-order chi connectivity index (χ1) is 19.2. The van der Waals surface area contributed by atoms with Crippen LogP contribution >= 0.6 is 0 Å². The highest BCUT2D eigenvalue weighted by Gasteiger charge is 2.32. The molecule has 0 amide bonds. The Balaban J connectivity index is 1.50. The number of nitrogens with one attached hydrogen (secondary N) is 1. The number of benzene rings is 4. The lowest BCUT2D eigenvalue weighted by molar-refractivity contribution is 0.687. The zero-order valence-electron chi connectivity index (χ0n) is 22.6. The summed E-state index contributed by atoms with van der Waals surface area (Å²) in [4.78, 5) is 0. The van der Waals surface area contributed by atoms with Gasteiger partial charge in [0, 0.05) is 24.1 Å². The molecule has 39 heavy (non-hydrogen) atoms. The molecule has 7 rings (SSSR count). The van der Waals surface area contributed by atoms with Crippen molar-refractivity contribution in [2.75, 3.05) is 6.54 Å². The fourth-order valence-corrected chi connectivity index (χ4v) is 6.83. The van der Waals surface area contributed by atoms with Gasteiger partial charge >= 0.3 is 0 Å². The summed E-state index contributed by atoms with van der Waals surface area (Å²) < 4.78 is 0. The van der Waals surface area contributed by atoms with Crippen molar-refractivity contribution < 1.29 is 0 Å². The minimum absolute atomic E-state index is 0.283. The van der Waals surface area contributed by atoms with E-state index in [1.54, 1.807) is 0 Å². The molecule has 0 aromatic heterocycles. The van der Waals surface area contributed by atoms with Crippen LogP contribution in [-0.4, -0.2) is 6.54 Å². The Kier molecular flexibility index (Phi) is 5.93. The molecule has 4 aromatic rings. The Morgan fingerprint density at radius 3 is 2.10 bits per heavy atom.